The van der Waals surface area contributed by atoms with E-state index in [0.29, 0.717) is 5.13 Å². The van der Waals surface area contributed by atoms with E-state index in [1.54, 1.807) is 0 Å². The lowest BCUT2D eigenvalue weighted by Crippen LogP contribution is -2.15. The fourth-order valence-corrected chi connectivity index (χ4v) is 6.54. The minimum atomic E-state index is 0.632. The second kappa shape index (κ2) is 13.6. The van der Waals surface area contributed by atoms with Gasteiger partial charge in [0.2, 0.25) is 5.13 Å². The third-order valence-corrected chi connectivity index (χ3v) is 9.04. The van der Waals surface area contributed by atoms with E-state index < -0.39 is 0 Å². The van der Waals surface area contributed by atoms with Gasteiger partial charge in [-0.05, 0) is 77.6 Å². The number of unbranched alkanes of at least 4 members (excludes halogenated alkanes) is 1. The van der Waals surface area contributed by atoms with Crippen LogP contribution in [0.2, 0.25) is 0 Å². The summed E-state index contributed by atoms with van der Waals surface area (Å²) in [6, 6.07) is 37.6. The molecule has 0 fully saturated rings. The van der Waals surface area contributed by atoms with Crippen LogP contribution in [-0.4, -0.2) is 12.0 Å². The smallest absolute Gasteiger partial charge is 0.231 e. The molecule has 214 valence electrons. The second-order valence-corrected chi connectivity index (χ2v) is 12.4. The molecule has 2 aromatic heterocycles. The summed E-state index contributed by atoms with van der Waals surface area (Å²) in [6.07, 6.45) is 3.51. The summed E-state index contributed by atoms with van der Waals surface area (Å²) in [5.74, 6) is 0. The van der Waals surface area contributed by atoms with E-state index in [1.807, 2.05) is 36.4 Å². The van der Waals surface area contributed by atoms with E-state index in [-0.39, 0.29) is 0 Å². The van der Waals surface area contributed by atoms with Crippen LogP contribution in [0.4, 0.5) is 27.2 Å². The van der Waals surface area contributed by atoms with Crippen molar-refractivity contribution in [1.29, 1.82) is 0 Å². The quantitative estimate of drug-likeness (QED) is 0.139. The van der Waals surface area contributed by atoms with Gasteiger partial charge in [0.15, 0.2) is 0 Å². The van der Waals surface area contributed by atoms with Gasteiger partial charge in [-0.2, -0.15) is 0 Å². The van der Waals surface area contributed by atoms with Crippen LogP contribution in [0.25, 0.3) is 20.7 Å². The molecule has 4 aromatic carbocycles. The van der Waals surface area contributed by atoms with Crippen molar-refractivity contribution < 1.29 is 0 Å². The van der Waals surface area contributed by atoms with Gasteiger partial charge in [0.1, 0.15) is 9.83 Å². The summed E-state index contributed by atoms with van der Waals surface area (Å²) < 4.78 is 1.04. The van der Waals surface area contributed by atoms with Crippen LogP contribution in [0.3, 0.4) is 0 Å². The molecule has 6 nitrogen and oxygen atoms in total. The number of benzene rings is 4. The number of thiophene rings is 1. The molecule has 0 atom stereocenters. The molecule has 0 radical (unpaired) electrons. The lowest BCUT2D eigenvalue weighted by molar-refractivity contribution is 0.795. The largest absolute Gasteiger partial charge is 0.370 e. The molecule has 0 bridgehead atoms. The molecule has 0 saturated carbocycles. The Morgan fingerprint density at radius 3 is 2.02 bits per heavy atom. The van der Waals surface area contributed by atoms with Gasteiger partial charge in [-0.3, -0.25) is 0 Å². The Labute approximate surface area is 260 Å². The van der Waals surface area contributed by atoms with Crippen LogP contribution in [-0.2, 0) is 13.0 Å². The molecular weight excluding hydrogens is 569 g/mol. The predicted molar refractivity (Wildman–Crippen MR) is 181 cm³/mol. The Kier molecular flexibility index (Phi) is 9.06. The van der Waals surface area contributed by atoms with Crippen LogP contribution < -0.4 is 4.90 Å². The van der Waals surface area contributed by atoms with E-state index in [9.17, 15) is 0 Å². The zero-order valence-corrected chi connectivity index (χ0v) is 25.9. The molecular formula is C35H32N6S2. The first-order chi connectivity index (χ1) is 21.1. The lowest BCUT2D eigenvalue weighted by Gasteiger charge is -2.19. The number of azo groups is 2. The van der Waals surface area contributed by atoms with Gasteiger partial charge in [0.05, 0.1) is 16.1 Å². The Morgan fingerprint density at radius 2 is 1.33 bits per heavy atom. The zero-order chi connectivity index (χ0) is 29.4. The Hall–Kier alpha value is -4.53. The number of anilines is 1. The van der Waals surface area contributed by atoms with Gasteiger partial charge in [-0.15, -0.1) is 20.5 Å². The number of aryl methyl sites for hydroxylation is 1. The molecule has 8 heteroatoms. The summed E-state index contributed by atoms with van der Waals surface area (Å²) in [6.45, 7) is 3.03. The van der Waals surface area contributed by atoms with Crippen LogP contribution in [0.5, 0.6) is 0 Å². The molecule has 6 aromatic rings. The van der Waals surface area contributed by atoms with E-state index >= 15 is 0 Å². The first kappa shape index (κ1) is 28.6. The van der Waals surface area contributed by atoms with Crippen LogP contribution >= 0.6 is 22.7 Å². The highest BCUT2D eigenvalue weighted by Gasteiger charge is 2.09. The molecule has 6 rings (SSSR count). The second-order valence-electron chi connectivity index (χ2n) is 10.4. The topological polar surface area (TPSA) is 65.6 Å². The first-order valence-electron chi connectivity index (χ1n) is 14.4. The van der Waals surface area contributed by atoms with Crippen molar-refractivity contribution in [2.75, 3.05) is 11.9 Å². The van der Waals surface area contributed by atoms with Crippen molar-refractivity contribution in [3.05, 3.63) is 120 Å². The number of rotatable bonds is 11. The number of aromatic nitrogens is 1. The molecule has 0 aliphatic carbocycles. The summed E-state index contributed by atoms with van der Waals surface area (Å²) in [5, 5.41) is 19.1. The van der Waals surface area contributed by atoms with Gasteiger partial charge < -0.3 is 4.90 Å². The van der Waals surface area contributed by atoms with Gasteiger partial charge in [-0.1, -0.05) is 103 Å². The average molecular weight is 601 g/mol. The summed E-state index contributed by atoms with van der Waals surface area (Å²) in [7, 11) is 2.10. The lowest BCUT2D eigenvalue weighted by atomic mass is 10.0. The maximum Gasteiger partial charge on any atom is 0.231 e. The molecule has 0 unspecified atom stereocenters. The van der Waals surface area contributed by atoms with Gasteiger partial charge in [0.25, 0.3) is 0 Å². The molecule has 43 heavy (non-hydrogen) atoms. The van der Waals surface area contributed by atoms with Gasteiger partial charge in [-0.25, -0.2) is 4.98 Å². The maximum atomic E-state index is 4.63. The minimum Gasteiger partial charge on any atom is -0.370 e. The van der Waals surface area contributed by atoms with Crippen molar-refractivity contribution in [3.8, 4) is 11.1 Å². The highest BCUT2D eigenvalue weighted by Crippen LogP contribution is 2.39. The highest BCUT2D eigenvalue weighted by atomic mass is 32.1. The Balaban J connectivity index is 1.03. The molecule has 0 spiro atoms. The number of hydrogen-bond acceptors (Lipinski definition) is 8. The van der Waals surface area contributed by atoms with E-state index in [4.69, 9.17) is 0 Å². The average Bonchev–Trinajstić information content (AvgIpc) is 3.62. The highest BCUT2D eigenvalue weighted by molar-refractivity contribution is 7.30. The molecule has 0 aliphatic rings. The maximum absolute atomic E-state index is 4.63. The van der Waals surface area contributed by atoms with E-state index in [0.717, 1.165) is 44.6 Å². The fourth-order valence-electron chi connectivity index (χ4n) is 4.69. The number of nitrogens with zero attached hydrogens (tertiary/aromatic N) is 6. The third-order valence-electron chi connectivity index (χ3n) is 7.11. The van der Waals surface area contributed by atoms with E-state index in [1.165, 1.54) is 57.8 Å². The van der Waals surface area contributed by atoms with Gasteiger partial charge >= 0.3 is 0 Å². The normalized spacial score (nSPS) is 11.7. The Morgan fingerprint density at radius 1 is 0.674 bits per heavy atom. The van der Waals surface area contributed by atoms with Crippen molar-refractivity contribution in [2.24, 2.45) is 20.5 Å². The zero-order valence-electron chi connectivity index (χ0n) is 24.2. The SMILES string of the molecule is CCCCc1ccc(N=Nc2cc3sc(N=Nc4ccc(N(C)Cc5ccc(-c6ccccc6)cc5)cc4)nc3s2)cc1. The molecule has 2 heterocycles. The minimum absolute atomic E-state index is 0.632. The predicted octanol–water partition coefficient (Wildman–Crippen LogP) is 11.8. The molecule has 0 amide bonds. The fraction of sp³-hybridized carbons (Fsp3) is 0.171. The molecule has 0 N–H and O–H groups in total. The van der Waals surface area contributed by atoms with Crippen molar-refractivity contribution in [2.45, 2.75) is 32.7 Å². The Bertz CT molecular complexity index is 1790. The number of thiazole rings is 1. The first-order valence-corrected chi connectivity index (χ1v) is 16.0. The monoisotopic (exact) mass is 600 g/mol. The van der Waals surface area contributed by atoms with E-state index in [2.05, 4.69) is 117 Å². The van der Waals surface area contributed by atoms with Crippen molar-refractivity contribution in [1.82, 2.24) is 4.98 Å². The summed E-state index contributed by atoms with van der Waals surface area (Å²) in [5.41, 5.74) is 7.83. The van der Waals surface area contributed by atoms with Crippen LogP contribution in [0, 0.1) is 0 Å². The molecule has 0 saturated heterocycles. The summed E-state index contributed by atoms with van der Waals surface area (Å²) in [4.78, 5) is 7.76. The van der Waals surface area contributed by atoms with Gasteiger partial charge in [0, 0.05) is 19.3 Å². The third kappa shape index (κ3) is 7.46. The standard InChI is InChI=1S/C35H32N6S2/c1-3-4-8-25-13-17-29(18-14-25)37-39-33-23-32-34(43-33)36-35(42-32)40-38-30-19-21-31(22-20-30)41(2)24-26-11-15-28(16-12-26)27-9-6-5-7-10-27/h5-7,9-23H,3-4,8,24H2,1-2H3. The van der Waals surface area contributed by atoms with Crippen molar-refractivity contribution in [3.63, 3.8) is 0 Å². The van der Waals surface area contributed by atoms with Crippen LogP contribution in [0.1, 0.15) is 30.9 Å². The van der Waals surface area contributed by atoms with Crippen molar-refractivity contribution >= 4 is 59.4 Å². The van der Waals surface area contributed by atoms with Crippen LogP contribution in [0.15, 0.2) is 130 Å². The number of hydrogen-bond donors (Lipinski definition) is 0. The number of fused-ring (bicyclic) bond motifs is 1. The molecule has 0 aliphatic heterocycles. The summed E-state index contributed by atoms with van der Waals surface area (Å²) >= 11 is 3.02.